The van der Waals surface area contributed by atoms with E-state index < -0.39 is 0 Å². The first-order chi connectivity index (χ1) is 7.60. The first-order valence-corrected chi connectivity index (χ1v) is 7.01. The number of hydrogen-bond donors (Lipinski definition) is 0. The summed E-state index contributed by atoms with van der Waals surface area (Å²) in [5, 5.41) is 4.42. The molecule has 0 N–H and O–H groups in total. The molecule has 0 aliphatic rings. The molecule has 0 bridgehead atoms. The Balaban J connectivity index is 2.73. The molecule has 92 valence electrons. The van der Waals surface area contributed by atoms with E-state index in [1.165, 1.54) is 9.26 Å². The molecule has 0 amide bonds. The van der Waals surface area contributed by atoms with E-state index in [9.17, 15) is 0 Å². The highest BCUT2D eigenvalue weighted by molar-refractivity contribution is 14.1. The zero-order valence-corrected chi connectivity index (χ0v) is 12.7. The van der Waals surface area contributed by atoms with Crippen molar-refractivity contribution in [3.05, 3.63) is 15.5 Å². The number of rotatable bonds is 6. The van der Waals surface area contributed by atoms with Crippen molar-refractivity contribution in [1.82, 2.24) is 9.78 Å². The monoisotopic (exact) mass is 336 g/mol. The zero-order chi connectivity index (χ0) is 12.1. The van der Waals surface area contributed by atoms with E-state index >= 15 is 0 Å². The van der Waals surface area contributed by atoms with E-state index in [0.29, 0.717) is 18.8 Å². The molecule has 3 nitrogen and oxygen atoms in total. The van der Waals surface area contributed by atoms with Gasteiger partial charge in [0, 0.05) is 6.04 Å². The highest BCUT2D eigenvalue weighted by atomic mass is 127. The Morgan fingerprint density at radius 1 is 1.38 bits per heavy atom. The Morgan fingerprint density at radius 2 is 2.06 bits per heavy atom. The molecule has 0 aromatic carbocycles. The third-order valence-corrected chi connectivity index (χ3v) is 3.84. The molecule has 2 unspecified atom stereocenters. The molecule has 0 radical (unpaired) electrons. The standard InChI is InChI=1S/C12H21IN2O/c1-5-9(3)15-12(11(13)7-14-15)8-16-10(4)6-2/h7,9-10H,5-6,8H2,1-4H3. The molecular formula is C12H21IN2O. The summed E-state index contributed by atoms with van der Waals surface area (Å²) in [5.41, 5.74) is 1.20. The summed E-state index contributed by atoms with van der Waals surface area (Å²) in [6, 6.07) is 0.444. The van der Waals surface area contributed by atoms with Crippen LogP contribution in [0, 0.1) is 3.57 Å². The van der Waals surface area contributed by atoms with Gasteiger partial charge in [0.25, 0.3) is 0 Å². The lowest BCUT2D eigenvalue weighted by Gasteiger charge is -2.16. The molecule has 1 aromatic rings. The zero-order valence-electron chi connectivity index (χ0n) is 10.5. The van der Waals surface area contributed by atoms with Gasteiger partial charge in [0.1, 0.15) is 0 Å². The van der Waals surface area contributed by atoms with Crippen molar-refractivity contribution in [1.29, 1.82) is 0 Å². The van der Waals surface area contributed by atoms with Crippen molar-refractivity contribution in [2.45, 2.75) is 59.3 Å². The Bertz CT molecular complexity index is 325. The number of hydrogen-bond acceptors (Lipinski definition) is 2. The van der Waals surface area contributed by atoms with Crippen molar-refractivity contribution in [2.75, 3.05) is 0 Å². The van der Waals surface area contributed by atoms with E-state index in [2.05, 4.69) is 60.1 Å². The lowest BCUT2D eigenvalue weighted by Crippen LogP contribution is -2.14. The van der Waals surface area contributed by atoms with Crippen LogP contribution in [0.25, 0.3) is 0 Å². The van der Waals surface area contributed by atoms with Gasteiger partial charge in [0.05, 0.1) is 28.2 Å². The highest BCUT2D eigenvalue weighted by Crippen LogP contribution is 2.19. The predicted molar refractivity (Wildman–Crippen MR) is 74.5 cm³/mol. The van der Waals surface area contributed by atoms with Crippen LogP contribution in [0.3, 0.4) is 0 Å². The van der Waals surface area contributed by atoms with Crippen LogP contribution in [-0.2, 0) is 11.3 Å². The highest BCUT2D eigenvalue weighted by Gasteiger charge is 2.13. The van der Waals surface area contributed by atoms with Gasteiger partial charge in [-0.15, -0.1) is 0 Å². The minimum absolute atomic E-state index is 0.316. The van der Waals surface area contributed by atoms with Crippen molar-refractivity contribution in [3.63, 3.8) is 0 Å². The fraction of sp³-hybridized carbons (Fsp3) is 0.750. The average molecular weight is 336 g/mol. The van der Waals surface area contributed by atoms with Crippen LogP contribution in [-0.4, -0.2) is 15.9 Å². The maximum absolute atomic E-state index is 5.79. The molecule has 1 aromatic heterocycles. The molecular weight excluding hydrogens is 315 g/mol. The second-order valence-corrected chi connectivity index (χ2v) is 5.33. The molecule has 0 saturated heterocycles. The first-order valence-electron chi connectivity index (χ1n) is 5.93. The maximum Gasteiger partial charge on any atom is 0.0899 e. The maximum atomic E-state index is 5.79. The van der Waals surface area contributed by atoms with Gasteiger partial charge < -0.3 is 4.74 Å². The Labute approximate surface area is 112 Å². The summed E-state index contributed by atoms with van der Waals surface area (Å²) in [5.74, 6) is 0. The summed E-state index contributed by atoms with van der Waals surface area (Å²) in [4.78, 5) is 0. The molecule has 0 saturated carbocycles. The SMILES string of the molecule is CCC(C)OCc1c(I)cnn1C(C)CC. The van der Waals surface area contributed by atoms with Crippen LogP contribution in [0.1, 0.15) is 52.3 Å². The molecule has 0 aliphatic carbocycles. The van der Waals surface area contributed by atoms with Crippen LogP contribution in [0.2, 0.25) is 0 Å². The van der Waals surface area contributed by atoms with E-state index in [1.54, 1.807) is 0 Å². The molecule has 0 aliphatic heterocycles. The van der Waals surface area contributed by atoms with Gasteiger partial charge in [0.2, 0.25) is 0 Å². The Hall–Kier alpha value is -0.100. The summed E-state index contributed by atoms with van der Waals surface area (Å²) >= 11 is 2.33. The summed E-state index contributed by atoms with van der Waals surface area (Å²) in [6.07, 6.45) is 4.38. The second-order valence-electron chi connectivity index (χ2n) is 4.17. The van der Waals surface area contributed by atoms with Gasteiger partial charge in [0.15, 0.2) is 0 Å². The lowest BCUT2D eigenvalue weighted by molar-refractivity contribution is 0.0455. The third-order valence-electron chi connectivity index (χ3n) is 2.94. The van der Waals surface area contributed by atoms with Gasteiger partial charge in [-0.1, -0.05) is 13.8 Å². The van der Waals surface area contributed by atoms with Gasteiger partial charge >= 0.3 is 0 Å². The fourth-order valence-electron chi connectivity index (χ4n) is 1.39. The van der Waals surface area contributed by atoms with Crippen LogP contribution in [0.5, 0.6) is 0 Å². The summed E-state index contributed by atoms with van der Waals surface area (Å²) < 4.78 is 9.07. The second kappa shape index (κ2) is 6.59. The Morgan fingerprint density at radius 3 is 2.62 bits per heavy atom. The van der Waals surface area contributed by atoms with Crippen LogP contribution in [0.15, 0.2) is 6.20 Å². The normalized spacial score (nSPS) is 15.1. The first kappa shape index (κ1) is 14.0. The van der Waals surface area contributed by atoms with Crippen LogP contribution < -0.4 is 0 Å². The number of nitrogens with zero attached hydrogens (tertiary/aromatic N) is 2. The number of ether oxygens (including phenoxy) is 1. The van der Waals surface area contributed by atoms with Gasteiger partial charge in [-0.3, -0.25) is 4.68 Å². The minimum Gasteiger partial charge on any atom is -0.372 e. The van der Waals surface area contributed by atoms with Crippen molar-refractivity contribution < 1.29 is 4.74 Å². The molecule has 1 heterocycles. The van der Waals surface area contributed by atoms with Crippen LogP contribution in [0.4, 0.5) is 0 Å². The average Bonchev–Trinajstić information content (AvgIpc) is 2.66. The van der Waals surface area contributed by atoms with Crippen molar-refractivity contribution in [2.24, 2.45) is 0 Å². The molecule has 4 heteroatoms. The predicted octanol–water partition coefficient (Wildman–Crippen LogP) is 3.77. The molecule has 1 rings (SSSR count). The largest absolute Gasteiger partial charge is 0.372 e. The summed E-state index contributed by atoms with van der Waals surface area (Å²) in [7, 11) is 0. The van der Waals surface area contributed by atoms with E-state index in [1.807, 2.05) is 6.20 Å². The van der Waals surface area contributed by atoms with E-state index in [4.69, 9.17) is 4.74 Å². The van der Waals surface area contributed by atoms with Gasteiger partial charge in [-0.25, -0.2) is 0 Å². The third kappa shape index (κ3) is 3.45. The van der Waals surface area contributed by atoms with E-state index in [0.717, 1.165) is 12.8 Å². The quantitative estimate of drug-likeness (QED) is 0.740. The molecule has 0 spiro atoms. The Kier molecular flexibility index (Phi) is 5.75. The smallest absolute Gasteiger partial charge is 0.0899 e. The summed E-state index contributed by atoms with van der Waals surface area (Å²) in [6.45, 7) is 9.28. The lowest BCUT2D eigenvalue weighted by atomic mass is 10.2. The topological polar surface area (TPSA) is 27.1 Å². The molecule has 2 atom stereocenters. The van der Waals surface area contributed by atoms with E-state index in [-0.39, 0.29) is 0 Å². The number of aromatic nitrogens is 2. The fourth-order valence-corrected chi connectivity index (χ4v) is 1.92. The molecule has 0 fully saturated rings. The van der Waals surface area contributed by atoms with Crippen molar-refractivity contribution in [3.8, 4) is 0 Å². The minimum atomic E-state index is 0.316. The van der Waals surface area contributed by atoms with Crippen molar-refractivity contribution >= 4 is 22.6 Å². The van der Waals surface area contributed by atoms with Crippen LogP contribution >= 0.6 is 22.6 Å². The van der Waals surface area contributed by atoms with Gasteiger partial charge in [-0.2, -0.15) is 5.10 Å². The van der Waals surface area contributed by atoms with Gasteiger partial charge in [-0.05, 0) is 49.3 Å². The molecule has 16 heavy (non-hydrogen) atoms. The number of halogens is 1.